The van der Waals surface area contributed by atoms with Crippen LogP contribution in [0.3, 0.4) is 0 Å². The molecule has 0 saturated carbocycles. The third-order valence-electron chi connectivity index (χ3n) is 2.32. The average Bonchev–Trinajstić information content (AvgIpc) is 2.58. The SMILES string of the molecule is CN(C)c1nccn1COCC[Si](C)(C)C. The lowest BCUT2D eigenvalue weighted by Crippen LogP contribution is -2.22. The van der Waals surface area contributed by atoms with Gasteiger partial charge in [0, 0.05) is 41.2 Å². The molecular formula is C11H23N3OSi. The second-order valence-electron chi connectivity index (χ2n) is 5.44. The summed E-state index contributed by atoms with van der Waals surface area (Å²) in [5, 5.41) is 0. The van der Waals surface area contributed by atoms with Crippen LogP contribution in [0.5, 0.6) is 0 Å². The van der Waals surface area contributed by atoms with Gasteiger partial charge >= 0.3 is 0 Å². The Morgan fingerprint density at radius 3 is 2.62 bits per heavy atom. The van der Waals surface area contributed by atoms with Gasteiger partial charge in [-0.3, -0.25) is 4.57 Å². The van der Waals surface area contributed by atoms with E-state index >= 15 is 0 Å². The third kappa shape index (κ3) is 4.36. The molecule has 1 heterocycles. The van der Waals surface area contributed by atoms with E-state index < -0.39 is 8.07 Å². The lowest BCUT2D eigenvalue weighted by atomic mass is 10.8. The van der Waals surface area contributed by atoms with Crippen molar-refractivity contribution in [1.82, 2.24) is 9.55 Å². The van der Waals surface area contributed by atoms with Gasteiger partial charge in [0.25, 0.3) is 0 Å². The van der Waals surface area contributed by atoms with Crippen LogP contribution in [0.4, 0.5) is 5.95 Å². The van der Waals surface area contributed by atoms with Crippen LogP contribution in [0.1, 0.15) is 0 Å². The molecule has 0 N–H and O–H groups in total. The molecule has 0 aliphatic carbocycles. The van der Waals surface area contributed by atoms with Crippen LogP contribution >= 0.6 is 0 Å². The first-order valence-electron chi connectivity index (χ1n) is 5.66. The Morgan fingerprint density at radius 2 is 2.06 bits per heavy atom. The molecule has 4 nitrogen and oxygen atoms in total. The Bertz CT molecular complexity index is 317. The summed E-state index contributed by atoms with van der Waals surface area (Å²) >= 11 is 0. The highest BCUT2D eigenvalue weighted by Gasteiger charge is 2.12. The summed E-state index contributed by atoms with van der Waals surface area (Å²) in [6.07, 6.45) is 3.75. The highest BCUT2D eigenvalue weighted by Crippen LogP contribution is 2.10. The van der Waals surface area contributed by atoms with E-state index in [-0.39, 0.29) is 0 Å². The van der Waals surface area contributed by atoms with Crippen molar-refractivity contribution in [3.63, 3.8) is 0 Å². The predicted molar refractivity (Wildman–Crippen MR) is 70.7 cm³/mol. The maximum Gasteiger partial charge on any atom is 0.206 e. The summed E-state index contributed by atoms with van der Waals surface area (Å²) in [5.41, 5.74) is 0. The van der Waals surface area contributed by atoms with Crippen molar-refractivity contribution in [2.75, 3.05) is 25.6 Å². The molecule has 0 aliphatic rings. The van der Waals surface area contributed by atoms with Gasteiger partial charge in [-0.15, -0.1) is 0 Å². The van der Waals surface area contributed by atoms with Gasteiger partial charge in [0.2, 0.25) is 5.95 Å². The van der Waals surface area contributed by atoms with E-state index in [0.717, 1.165) is 12.6 Å². The summed E-state index contributed by atoms with van der Waals surface area (Å²) in [6.45, 7) is 8.52. The molecule has 16 heavy (non-hydrogen) atoms. The molecule has 0 bridgehead atoms. The van der Waals surface area contributed by atoms with E-state index in [1.165, 1.54) is 6.04 Å². The number of hydrogen-bond acceptors (Lipinski definition) is 3. The number of nitrogens with zero attached hydrogens (tertiary/aromatic N) is 3. The van der Waals surface area contributed by atoms with Gasteiger partial charge in [-0.1, -0.05) is 19.6 Å². The molecule has 0 unspecified atom stereocenters. The number of aromatic nitrogens is 2. The minimum atomic E-state index is -0.975. The van der Waals surface area contributed by atoms with Crippen LogP contribution in [0.15, 0.2) is 12.4 Å². The van der Waals surface area contributed by atoms with Crippen molar-refractivity contribution in [1.29, 1.82) is 0 Å². The van der Waals surface area contributed by atoms with Crippen LogP contribution in [-0.2, 0) is 11.5 Å². The molecule has 0 aromatic carbocycles. The molecule has 0 radical (unpaired) electrons. The Morgan fingerprint density at radius 1 is 1.38 bits per heavy atom. The van der Waals surface area contributed by atoms with Gasteiger partial charge in [-0.2, -0.15) is 0 Å². The lowest BCUT2D eigenvalue weighted by molar-refractivity contribution is 0.0881. The quantitative estimate of drug-likeness (QED) is 0.565. The van der Waals surface area contributed by atoms with Gasteiger partial charge < -0.3 is 9.64 Å². The monoisotopic (exact) mass is 241 g/mol. The van der Waals surface area contributed by atoms with Gasteiger partial charge in [0.05, 0.1) is 0 Å². The topological polar surface area (TPSA) is 30.3 Å². The second kappa shape index (κ2) is 5.50. The first-order chi connectivity index (χ1) is 7.40. The molecule has 1 aromatic heterocycles. The lowest BCUT2D eigenvalue weighted by Gasteiger charge is -2.17. The van der Waals surface area contributed by atoms with Crippen molar-refractivity contribution >= 4 is 14.0 Å². The smallest absolute Gasteiger partial charge is 0.206 e. The highest BCUT2D eigenvalue weighted by atomic mass is 28.3. The molecule has 1 aromatic rings. The molecule has 0 spiro atoms. The molecule has 0 saturated heterocycles. The Hall–Kier alpha value is -0.813. The Labute approximate surface area is 99.2 Å². The molecular weight excluding hydrogens is 218 g/mol. The fourth-order valence-electron chi connectivity index (χ4n) is 1.34. The highest BCUT2D eigenvalue weighted by molar-refractivity contribution is 6.76. The summed E-state index contributed by atoms with van der Waals surface area (Å²) < 4.78 is 7.69. The first kappa shape index (κ1) is 13.3. The standard InChI is InChI=1S/C11H23N3OSi/c1-13(2)11-12-6-7-14(11)10-15-8-9-16(3,4)5/h6-7H,8-10H2,1-5H3. The summed E-state index contributed by atoms with van der Waals surface area (Å²) in [4.78, 5) is 6.25. The van der Waals surface area contributed by atoms with E-state index in [4.69, 9.17) is 4.74 Å². The van der Waals surface area contributed by atoms with E-state index in [0.29, 0.717) is 6.73 Å². The number of ether oxygens (including phenoxy) is 1. The van der Waals surface area contributed by atoms with Crippen molar-refractivity contribution in [3.8, 4) is 0 Å². The van der Waals surface area contributed by atoms with Crippen molar-refractivity contribution in [2.24, 2.45) is 0 Å². The normalized spacial score (nSPS) is 11.8. The average molecular weight is 241 g/mol. The molecule has 0 fully saturated rings. The first-order valence-corrected chi connectivity index (χ1v) is 9.37. The number of imidazole rings is 1. The van der Waals surface area contributed by atoms with Crippen LogP contribution in [0, 0.1) is 0 Å². The summed E-state index contributed by atoms with van der Waals surface area (Å²) in [7, 11) is 3.00. The van der Waals surface area contributed by atoms with E-state index in [1.807, 2.05) is 29.8 Å². The van der Waals surface area contributed by atoms with Crippen LogP contribution in [0.25, 0.3) is 0 Å². The van der Waals surface area contributed by atoms with Gasteiger partial charge in [-0.05, 0) is 6.04 Å². The second-order valence-corrected chi connectivity index (χ2v) is 11.1. The maximum absolute atomic E-state index is 5.68. The molecule has 1 rings (SSSR count). The van der Waals surface area contributed by atoms with Crippen LogP contribution in [-0.4, -0.2) is 38.3 Å². The summed E-state index contributed by atoms with van der Waals surface area (Å²) in [5.74, 6) is 0.938. The summed E-state index contributed by atoms with van der Waals surface area (Å²) in [6, 6.07) is 1.21. The van der Waals surface area contributed by atoms with Gasteiger partial charge in [-0.25, -0.2) is 4.98 Å². The maximum atomic E-state index is 5.68. The molecule has 0 atom stereocenters. The van der Waals surface area contributed by atoms with E-state index in [2.05, 4.69) is 24.6 Å². The predicted octanol–water partition coefficient (Wildman–Crippen LogP) is 2.26. The largest absolute Gasteiger partial charge is 0.361 e. The van der Waals surface area contributed by atoms with Gasteiger partial charge in [0.1, 0.15) is 6.73 Å². The minimum absolute atomic E-state index is 0.595. The van der Waals surface area contributed by atoms with Crippen LogP contribution < -0.4 is 4.90 Å². The van der Waals surface area contributed by atoms with Crippen LogP contribution in [0.2, 0.25) is 25.7 Å². The Balaban J connectivity index is 2.35. The zero-order valence-electron chi connectivity index (χ0n) is 11.0. The number of anilines is 1. The van der Waals surface area contributed by atoms with E-state index in [1.54, 1.807) is 6.20 Å². The fourth-order valence-corrected chi connectivity index (χ4v) is 2.09. The molecule has 0 aliphatic heterocycles. The van der Waals surface area contributed by atoms with Gasteiger partial charge in [0.15, 0.2) is 0 Å². The minimum Gasteiger partial charge on any atom is -0.361 e. The molecule has 0 amide bonds. The van der Waals surface area contributed by atoms with Crippen molar-refractivity contribution in [3.05, 3.63) is 12.4 Å². The van der Waals surface area contributed by atoms with Crippen molar-refractivity contribution in [2.45, 2.75) is 32.4 Å². The fraction of sp³-hybridized carbons (Fsp3) is 0.727. The molecule has 5 heteroatoms. The molecule has 92 valence electrons. The van der Waals surface area contributed by atoms with Crippen molar-refractivity contribution < 1.29 is 4.74 Å². The number of hydrogen-bond donors (Lipinski definition) is 0. The third-order valence-corrected chi connectivity index (χ3v) is 4.02. The Kier molecular flexibility index (Phi) is 4.55. The zero-order valence-corrected chi connectivity index (χ0v) is 12.0. The van der Waals surface area contributed by atoms with E-state index in [9.17, 15) is 0 Å². The zero-order chi connectivity index (χ0) is 12.2. The number of rotatable bonds is 6.